The summed E-state index contributed by atoms with van der Waals surface area (Å²) in [6, 6.07) is 13.0. The molecule has 1 N–H and O–H groups in total. The molecule has 1 aromatic heterocycles. The first-order valence-corrected chi connectivity index (χ1v) is 6.84. The van der Waals surface area contributed by atoms with Gasteiger partial charge in [0, 0.05) is 24.2 Å². The van der Waals surface area contributed by atoms with Crippen LogP contribution in [-0.2, 0) is 6.54 Å². The van der Waals surface area contributed by atoms with E-state index in [0.717, 1.165) is 31.3 Å². The summed E-state index contributed by atoms with van der Waals surface area (Å²) in [5.74, 6) is 0.169. The fourth-order valence-electron chi connectivity index (χ4n) is 2.91. The summed E-state index contributed by atoms with van der Waals surface area (Å²) in [5.41, 5.74) is 2.27. The zero-order chi connectivity index (χ0) is 13.1. The Labute approximate surface area is 113 Å². The van der Waals surface area contributed by atoms with E-state index in [-0.39, 0.29) is 5.92 Å². The normalized spacial score (nSPS) is 22.5. The van der Waals surface area contributed by atoms with E-state index < -0.39 is 0 Å². The van der Waals surface area contributed by atoms with Crippen molar-refractivity contribution in [3.8, 4) is 6.07 Å². The number of pyridine rings is 1. The molecule has 1 saturated carbocycles. The topological polar surface area (TPSA) is 48.7 Å². The molecule has 2 unspecified atom stereocenters. The first kappa shape index (κ1) is 12.1. The summed E-state index contributed by atoms with van der Waals surface area (Å²) < 4.78 is 0. The average molecular weight is 251 g/mol. The van der Waals surface area contributed by atoms with Crippen LogP contribution < -0.4 is 5.32 Å². The largest absolute Gasteiger partial charge is 0.309 e. The van der Waals surface area contributed by atoms with Crippen molar-refractivity contribution in [3.05, 3.63) is 42.1 Å². The summed E-state index contributed by atoms with van der Waals surface area (Å²) in [6.45, 7) is 0.789. The van der Waals surface area contributed by atoms with Crippen molar-refractivity contribution >= 4 is 10.9 Å². The summed E-state index contributed by atoms with van der Waals surface area (Å²) in [6.07, 6.45) is 5.13. The van der Waals surface area contributed by atoms with E-state index in [2.05, 4.69) is 40.6 Å². The second kappa shape index (κ2) is 5.38. The zero-order valence-corrected chi connectivity index (χ0v) is 10.8. The summed E-state index contributed by atoms with van der Waals surface area (Å²) in [7, 11) is 0. The predicted molar refractivity (Wildman–Crippen MR) is 75.3 cm³/mol. The molecule has 2 aromatic rings. The first-order valence-electron chi connectivity index (χ1n) is 6.84. The number of rotatable bonds is 3. The predicted octanol–water partition coefficient (Wildman–Crippen LogP) is 3.02. The van der Waals surface area contributed by atoms with Crippen LogP contribution in [0, 0.1) is 17.2 Å². The van der Waals surface area contributed by atoms with Crippen LogP contribution >= 0.6 is 0 Å². The fraction of sp³-hybridized carbons (Fsp3) is 0.375. The average Bonchev–Trinajstić information content (AvgIpc) is 2.92. The van der Waals surface area contributed by atoms with E-state index in [9.17, 15) is 0 Å². The van der Waals surface area contributed by atoms with Gasteiger partial charge in [-0.2, -0.15) is 5.26 Å². The van der Waals surface area contributed by atoms with E-state index in [0.29, 0.717) is 6.04 Å². The second-order valence-electron chi connectivity index (χ2n) is 5.15. The molecule has 3 rings (SSSR count). The number of fused-ring (bicyclic) bond motifs is 1. The second-order valence-corrected chi connectivity index (χ2v) is 5.15. The van der Waals surface area contributed by atoms with Crippen LogP contribution in [-0.4, -0.2) is 11.0 Å². The highest BCUT2D eigenvalue weighted by atomic mass is 14.9. The molecule has 19 heavy (non-hydrogen) atoms. The highest BCUT2D eigenvalue weighted by Gasteiger charge is 2.26. The Hall–Kier alpha value is -1.92. The van der Waals surface area contributed by atoms with Gasteiger partial charge >= 0.3 is 0 Å². The molecule has 3 nitrogen and oxygen atoms in total. The molecule has 0 spiro atoms. The molecule has 3 heteroatoms. The minimum atomic E-state index is 0.169. The van der Waals surface area contributed by atoms with Crippen LogP contribution in [0.4, 0.5) is 0 Å². The van der Waals surface area contributed by atoms with Crippen LogP contribution in [0.2, 0.25) is 0 Å². The van der Waals surface area contributed by atoms with E-state index in [1.54, 1.807) is 0 Å². The molecule has 0 radical (unpaired) electrons. The highest BCUT2D eigenvalue weighted by Crippen LogP contribution is 2.25. The van der Waals surface area contributed by atoms with E-state index in [1.165, 1.54) is 10.9 Å². The molecule has 1 aromatic carbocycles. The van der Waals surface area contributed by atoms with E-state index >= 15 is 0 Å². The Morgan fingerprint density at radius 3 is 3.05 bits per heavy atom. The van der Waals surface area contributed by atoms with Gasteiger partial charge in [0.1, 0.15) is 0 Å². The van der Waals surface area contributed by atoms with Gasteiger partial charge in [0.2, 0.25) is 0 Å². The molecular formula is C16H17N3. The Balaban J connectivity index is 1.77. The molecule has 1 aliphatic carbocycles. The fourth-order valence-corrected chi connectivity index (χ4v) is 2.91. The van der Waals surface area contributed by atoms with Crippen LogP contribution in [0.25, 0.3) is 10.9 Å². The van der Waals surface area contributed by atoms with E-state index in [4.69, 9.17) is 5.26 Å². The Morgan fingerprint density at radius 1 is 1.26 bits per heavy atom. The molecule has 0 amide bonds. The van der Waals surface area contributed by atoms with E-state index in [1.807, 2.05) is 12.3 Å². The van der Waals surface area contributed by atoms with Crippen molar-refractivity contribution in [2.24, 2.45) is 5.92 Å². The minimum Gasteiger partial charge on any atom is -0.309 e. The van der Waals surface area contributed by atoms with Gasteiger partial charge in [-0.25, -0.2) is 0 Å². The van der Waals surface area contributed by atoms with Crippen molar-refractivity contribution in [2.75, 3.05) is 0 Å². The summed E-state index contributed by atoms with van der Waals surface area (Å²) in [4.78, 5) is 4.46. The Bertz CT molecular complexity index is 609. The van der Waals surface area contributed by atoms with Gasteiger partial charge in [-0.15, -0.1) is 0 Å². The highest BCUT2D eigenvalue weighted by molar-refractivity contribution is 5.81. The van der Waals surface area contributed by atoms with Crippen LogP contribution in [0.3, 0.4) is 0 Å². The number of hydrogen-bond acceptors (Lipinski definition) is 3. The van der Waals surface area contributed by atoms with Crippen LogP contribution in [0.15, 0.2) is 36.5 Å². The monoisotopic (exact) mass is 251 g/mol. The van der Waals surface area contributed by atoms with Gasteiger partial charge in [0.25, 0.3) is 0 Å². The number of hydrogen-bond donors (Lipinski definition) is 1. The molecule has 1 aliphatic rings. The lowest BCUT2D eigenvalue weighted by molar-refractivity contribution is 0.465. The lowest BCUT2D eigenvalue weighted by Crippen LogP contribution is -2.31. The molecule has 1 fully saturated rings. The minimum absolute atomic E-state index is 0.169. The van der Waals surface area contributed by atoms with Gasteiger partial charge in [-0.1, -0.05) is 30.7 Å². The van der Waals surface area contributed by atoms with Crippen molar-refractivity contribution in [1.29, 1.82) is 5.26 Å². The van der Waals surface area contributed by atoms with Gasteiger partial charge < -0.3 is 5.32 Å². The third-order valence-corrected chi connectivity index (χ3v) is 3.95. The van der Waals surface area contributed by atoms with Gasteiger partial charge in [-0.3, -0.25) is 4.98 Å². The molecule has 0 bridgehead atoms. The van der Waals surface area contributed by atoms with Gasteiger partial charge in [-0.05, 0) is 24.5 Å². The lowest BCUT2D eigenvalue weighted by atomic mass is 10.0. The molecular weight excluding hydrogens is 234 g/mol. The maximum Gasteiger partial charge on any atom is 0.0746 e. The number of para-hydroxylation sites is 1. The number of nitrogens with zero attached hydrogens (tertiary/aromatic N) is 2. The van der Waals surface area contributed by atoms with Crippen molar-refractivity contribution in [1.82, 2.24) is 10.3 Å². The maximum absolute atomic E-state index is 9.10. The van der Waals surface area contributed by atoms with Crippen molar-refractivity contribution < 1.29 is 0 Å². The standard InChI is InChI=1S/C16H17N3/c17-10-13-5-2-8-15(13)19-11-14-6-1-4-12-7-3-9-18-16(12)14/h1,3-4,6-7,9,13,15,19H,2,5,8,11H2. The maximum atomic E-state index is 9.10. The smallest absolute Gasteiger partial charge is 0.0746 e. The van der Waals surface area contributed by atoms with Crippen LogP contribution in [0.1, 0.15) is 24.8 Å². The first-order chi connectivity index (χ1) is 9.38. The Morgan fingerprint density at radius 2 is 2.16 bits per heavy atom. The van der Waals surface area contributed by atoms with Gasteiger partial charge in [0.05, 0.1) is 17.5 Å². The van der Waals surface area contributed by atoms with Crippen molar-refractivity contribution in [3.63, 3.8) is 0 Å². The third-order valence-electron chi connectivity index (χ3n) is 3.95. The summed E-state index contributed by atoms with van der Waals surface area (Å²) in [5, 5.41) is 13.8. The number of nitrogens with one attached hydrogen (secondary N) is 1. The van der Waals surface area contributed by atoms with Gasteiger partial charge in [0.15, 0.2) is 0 Å². The number of benzene rings is 1. The van der Waals surface area contributed by atoms with Crippen LogP contribution in [0.5, 0.6) is 0 Å². The lowest BCUT2D eigenvalue weighted by Gasteiger charge is -2.16. The SMILES string of the molecule is N#CC1CCCC1NCc1cccc2cccnc12. The zero-order valence-electron chi connectivity index (χ0n) is 10.8. The molecule has 0 aliphatic heterocycles. The number of nitriles is 1. The quantitative estimate of drug-likeness (QED) is 0.912. The molecule has 0 saturated heterocycles. The third kappa shape index (κ3) is 2.45. The summed E-state index contributed by atoms with van der Waals surface area (Å²) >= 11 is 0. The molecule has 1 heterocycles. The Kier molecular flexibility index (Phi) is 3.43. The molecule has 2 atom stereocenters. The van der Waals surface area contributed by atoms with Crippen molar-refractivity contribution in [2.45, 2.75) is 31.8 Å². The molecule has 96 valence electrons. The number of aromatic nitrogens is 1.